The number of carbonyl (C=O) groups is 1. The Hall–Kier alpha value is -2.13. The summed E-state index contributed by atoms with van der Waals surface area (Å²) in [6.07, 6.45) is 4.72. The quantitative estimate of drug-likeness (QED) is 0.860. The van der Waals surface area contributed by atoms with Gasteiger partial charge in [0.05, 0.1) is 5.57 Å². The number of benzene rings is 1. The Morgan fingerprint density at radius 3 is 2.50 bits per heavy atom. The van der Waals surface area contributed by atoms with Gasteiger partial charge in [-0.3, -0.25) is 4.98 Å². The van der Waals surface area contributed by atoms with Gasteiger partial charge < -0.3 is 5.11 Å². The Labute approximate surface area is 109 Å². The molecular formula is C14H10ClNO2. The lowest BCUT2D eigenvalue weighted by Crippen LogP contribution is -1.99. The molecule has 1 heterocycles. The molecule has 0 bridgehead atoms. The number of rotatable bonds is 3. The first-order chi connectivity index (χ1) is 8.66. The second kappa shape index (κ2) is 5.47. The minimum absolute atomic E-state index is 0.199. The van der Waals surface area contributed by atoms with Gasteiger partial charge in [0.2, 0.25) is 0 Å². The van der Waals surface area contributed by atoms with Crippen LogP contribution in [0.3, 0.4) is 0 Å². The van der Waals surface area contributed by atoms with Crippen LogP contribution in [0.1, 0.15) is 11.1 Å². The van der Waals surface area contributed by atoms with Gasteiger partial charge in [0.25, 0.3) is 0 Å². The van der Waals surface area contributed by atoms with Crippen LogP contribution in [0.2, 0.25) is 5.02 Å². The minimum Gasteiger partial charge on any atom is -0.478 e. The zero-order valence-corrected chi connectivity index (χ0v) is 10.1. The summed E-state index contributed by atoms with van der Waals surface area (Å²) in [5.41, 5.74) is 1.55. The number of hydrogen-bond donors (Lipinski definition) is 1. The van der Waals surface area contributed by atoms with Crippen molar-refractivity contribution in [3.8, 4) is 0 Å². The molecule has 0 unspecified atom stereocenters. The first-order valence-corrected chi connectivity index (χ1v) is 5.65. The van der Waals surface area contributed by atoms with Crippen LogP contribution in [0, 0.1) is 0 Å². The highest BCUT2D eigenvalue weighted by molar-refractivity contribution is 6.30. The Kier molecular flexibility index (Phi) is 3.75. The van der Waals surface area contributed by atoms with Crippen molar-refractivity contribution in [1.82, 2.24) is 4.98 Å². The molecular weight excluding hydrogens is 250 g/mol. The molecule has 1 aromatic heterocycles. The van der Waals surface area contributed by atoms with Crippen molar-refractivity contribution in [2.45, 2.75) is 0 Å². The fraction of sp³-hybridized carbons (Fsp3) is 0. The molecule has 4 heteroatoms. The predicted molar refractivity (Wildman–Crippen MR) is 71.2 cm³/mol. The molecule has 3 nitrogen and oxygen atoms in total. The summed E-state index contributed by atoms with van der Waals surface area (Å²) >= 11 is 5.78. The van der Waals surface area contributed by atoms with Crippen LogP contribution in [-0.2, 0) is 4.79 Å². The maximum atomic E-state index is 11.2. The number of pyridine rings is 1. The molecule has 90 valence electrons. The molecule has 0 saturated carbocycles. The smallest absolute Gasteiger partial charge is 0.336 e. The standard InChI is InChI=1S/C14H10ClNO2/c15-12-5-3-10(4-6-12)8-13(14(17)18)11-2-1-7-16-9-11/h1-9H,(H,17,18). The average molecular weight is 260 g/mol. The molecule has 0 aliphatic heterocycles. The van der Waals surface area contributed by atoms with E-state index in [2.05, 4.69) is 4.98 Å². The molecule has 1 aromatic carbocycles. The zero-order chi connectivity index (χ0) is 13.0. The summed E-state index contributed by atoms with van der Waals surface area (Å²) in [7, 11) is 0. The maximum Gasteiger partial charge on any atom is 0.336 e. The summed E-state index contributed by atoms with van der Waals surface area (Å²) in [5.74, 6) is -0.988. The van der Waals surface area contributed by atoms with E-state index in [1.807, 2.05) is 0 Å². The SMILES string of the molecule is O=C(O)C(=Cc1ccc(Cl)cc1)c1cccnc1. The third-order valence-corrected chi connectivity index (χ3v) is 2.64. The van der Waals surface area contributed by atoms with Gasteiger partial charge in [-0.1, -0.05) is 29.8 Å². The van der Waals surface area contributed by atoms with Crippen LogP contribution in [0.15, 0.2) is 48.8 Å². The predicted octanol–water partition coefficient (Wildman–Crippen LogP) is 3.36. The van der Waals surface area contributed by atoms with E-state index in [0.29, 0.717) is 10.6 Å². The largest absolute Gasteiger partial charge is 0.478 e. The first-order valence-electron chi connectivity index (χ1n) is 5.28. The topological polar surface area (TPSA) is 50.2 Å². The average Bonchev–Trinajstić information content (AvgIpc) is 2.38. The molecule has 1 N–H and O–H groups in total. The number of carboxylic acids is 1. The molecule has 0 spiro atoms. The fourth-order valence-electron chi connectivity index (χ4n) is 1.52. The molecule has 0 fully saturated rings. The summed E-state index contributed by atoms with van der Waals surface area (Å²) in [6.45, 7) is 0. The van der Waals surface area contributed by atoms with Gasteiger partial charge >= 0.3 is 5.97 Å². The van der Waals surface area contributed by atoms with E-state index in [-0.39, 0.29) is 5.57 Å². The van der Waals surface area contributed by atoms with E-state index in [1.54, 1.807) is 48.7 Å². The Morgan fingerprint density at radius 1 is 1.22 bits per heavy atom. The van der Waals surface area contributed by atoms with Gasteiger partial charge in [0.1, 0.15) is 0 Å². The van der Waals surface area contributed by atoms with E-state index in [9.17, 15) is 9.90 Å². The van der Waals surface area contributed by atoms with Gasteiger partial charge in [0.15, 0.2) is 0 Å². The van der Waals surface area contributed by atoms with Crippen molar-refractivity contribution < 1.29 is 9.90 Å². The van der Waals surface area contributed by atoms with Gasteiger partial charge in [-0.05, 0) is 29.8 Å². The highest BCUT2D eigenvalue weighted by atomic mass is 35.5. The van der Waals surface area contributed by atoms with Gasteiger partial charge in [-0.2, -0.15) is 0 Å². The van der Waals surface area contributed by atoms with Crippen LogP contribution in [0.4, 0.5) is 0 Å². The van der Waals surface area contributed by atoms with Crippen molar-refractivity contribution in [1.29, 1.82) is 0 Å². The summed E-state index contributed by atoms with van der Waals surface area (Å²) in [5, 5.41) is 9.84. The van der Waals surface area contributed by atoms with Crippen LogP contribution < -0.4 is 0 Å². The lowest BCUT2D eigenvalue weighted by Gasteiger charge is -2.02. The monoisotopic (exact) mass is 259 g/mol. The van der Waals surface area contributed by atoms with Crippen molar-refractivity contribution in [2.75, 3.05) is 0 Å². The van der Waals surface area contributed by atoms with Gasteiger partial charge in [0, 0.05) is 23.0 Å². The lowest BCUT2D eigenvalue weighted by atomic mass is 10.0. The van der Waals surface area contributed by atoms with Crippen molar-refractivity contribution in [2.24, 2.45) is 0 Å². The van der Waals surface area contributed by atoms with Crippen molar-refractivity contribution in [3.63, 3.8) is 0 Å². The zero-order valence-electron chi connectivity index (χ0n) is 9.38. The minimum atomic E-state index is -0.988. The molecule has 0 atom stereocenters. The maximum absolute atomic E-state index is 11.2. The Balaban J connectivity index is 2.43. The van der Waals surface area contributed by atoms with E-state index >= 15 is 0 Å². The summed E-state index contributed by atoms with van der Waals surface area (Å²) < 4.78 is 0. The number of aromatic nitrogens is 1. The highest BCUT2D eigenvalue weighted by Gasteiger charge is 2.10. The summed E-state index contributed by atoms with van der Waals surface area (Å²) in [4.78, 5) is 15.2. The molecule has 18 heavy (non-hydrogen) atoms. The number of nitrogens with zero attached hydrogens (tertiary/aromatic N) is 1. The van der Waals surface area contributed by atoms with E-state index in [1.165, 1.54) is 6.20 Å². The normalized spacial score (nSPS) is 11.3. The van der Waals surface area contributed by atoms with Crippen LogP contribution >= 0.6 is 11.6 Å². The van der Waals surface area contributed by atoms with Gasteiger partial charge in [-0.15, -0.1) is 0 Å². The van der Waals surface area contributed by atoms with Gasteiger partial charge in [-0.25, -0.2) is 4.79 Å². The molecule has 0 aliphatic carbocycles. The van der Waals surface area contributed by atoms with E-state index in [4.69, 9.17) is 11.6 Å². The number of carboxylic acid groups (broad SMARTS) is 1. The Bertz CT molecular complexity index is 577. The molecule has 0 amide bonds. The first kappa shape index (κ1) is 12.3. The number of halogens is 1. The Morgan fingerprint density at radius 2 is 1.94 bits per heavy atom. The third kappa shape index (κ3) is 2.96. The summed E-state index contributed by atoms with van der Waals surface area (Å²) in [6, 6.07) is 10.4. The fourth-order valence-corrected chi connectivity index (χ4v) is 1.64. The van der Waals surface area contributed by atoms with Crippen LogP contribution in [0.25, 0.3) is 11.6 Å². The molecule has 0 saturated heterocycles. The molecule has 0 aliphatic rings. The van der Waals surface area contributed by atoms with Crippen molar-refractivity contribution >= 4 is 29.2 Å². The lowest BCUT2D eigenvalue weighted by molar-refractivity contribution is -0.130. The van der Waals surface area contributed by atoms with Crippen molar-refractivity contribution in [3.05, 3.63) is 64.9 Å². The molecule has 2 aromatic rings. The second-order valence-electron chi connectivity index (χ2n) is 3.66. The number of hydrogen-bond acceptors (Lipinski definition) is 2. The molecule has 0 radical (unpaired) electrons. The molecule has 2 rings (SSSR count). The number of aliphatic carboxylic acids is 1. The van der Waals surface area contributed by atoms with E-state index in [0.717, 1.165) is 5.56 Å². The second-order valence-corrected chi connectivity index (χ2v) is 4.09. The third-order valence-electron chi connectivity index (χ3n) is 2.38. The van der Waals surface area contributed by atoms with Crippen LogP contribution in [0.5, 0.6) is 0 Å². The van der Waals surface area contributed by atoms with Crippen LogP contribution in [-0.4, -0.2) is 16.1 Å². The highest BCUT2D eigenvalue weighted by Crippen LogP contribution is 2.19. The van der Waals surface area contributed by atoms with E-state index < -0.39 is 5.97 Å².